The van der Waals surface area contributed by atoms with E-state index in [0.717, 1.165) is 13.1 Å². The number of nitrogens with one attached hydrogen (secondary N) is 1. The highest BCUT2D eigenvalue weighted by Gasteiger charge is 2.33. The number of hydrogen-bond donors (Lipinski definition) is 1. The second-order valence-corrected chi connectivity index (χ2v) is 5.56. The predicted molar refractivity (Wildman–Crippen MR) is 63.6 cm³/mol. The summed E-state index contributed by atoms with van der Waals surface area (Å²) < 4.78 is 67.8. The number of esters is 1. The van der Waals surface area contributed by atoms with Crippen LogP contribution in [-0.4, -0.2) is 28.0 Å². The van der Waals surface area contributed by atoms with Crippen molar-refractivity contribution < 1.29 is 31.1 Å². The Hall–Kier alpha value is -1.61. The number of carbonyl (C=O) groups is 1. The van der Waals surface area contributed by atoms with Gasteiger partial charge in [0.25, 0.3) is 0 Å². The van der Waals surface area contributed by atoms with Crippen LogP contribution in [0.4, 0.5) is 13.2 Å². The van der Waals surface area contributed by atoms with Gasteiger partial charge in [0, 0.05) is 0 Å². The minimum Gasteiger partial charge on any atom is -0.462 e. The van der Waals surface area contributed by atoms with Crippen LogP contribution in [0.5, 0.6) is 0 Å². The maximum Gasteiger partial charge on any atom is 0.416 e. The maximum atomic E-state index is 12.7. The van der Waals surface area contributed by atoms with E-state index in [0.29, 0.717) is 12.1 Å². The molecule has 112 valence electrons. The standard InChI is InChI=1S/C11H12F3NO4S/c1-3-19-10(16)7-4-8(11(12,13)14)6-9(5-7)20(17,18)15-2/h4-6,15H,3H2,1-2H3. The molecule has 0 fully saturated rings. The molecule has 0 saturated carbocycles. The molecule has 0 aliphatic heterocycles. The van der Waals surface area contributed by atoms with Crippen molar-refractivity contribution >= 4 is 16.0 Å². The SMILES string of the molecule is CCOC(=O)c1cc(C(F)(F)F)cc(S(=O)(=O)NC)c1. The molecule has 1 aromatic rings. The normalized spacial score (nSPS) is 12.2. The quantitative estimate of drug-likeness (QED) is 0.861. The van der Waals surface area contributed by atoms with Gasteiger partial charge in [-0.2, -0.15) is 13.2 Å². The van der Waals surface area contributed by atoms with E-state index in [1.807, 2.05) is 4.72 Å². The molecule has 0 spiro atoms. The van der Waals surface area contributed by atoms with Crippen molar-refractivity contribution in [3.05, 3.63) is 29.3 Å². The van der Waals surface area contributed by atoms with Gasteiger partial charge >= 0.3 is 12.1 Å². The maximum absolute atomic E-state index is 12.7. The Bertz CT molecular complexity index is 611. The first kappa shape index (κ1) is 16.4. The minimum absolute atomic E-state index is 0.0385. The summed E-state index contributed by atoms with van der Waals surface area (Å²) in [5.41, 5.74) is -1.72. The molecule has 0 unspecified atom stereocenters. The summed E-state index contributed by atoms with van der Waals surface area (Å²) in [5, 5.41) is 0. The molecule has 5 nitrogen and oxygen atoms in total. The predicted octanol–water partition coefficient (Wildman–Crippen LogP) is 1.79. The molecule has 0 saturated heterocycles. The van der Waals surface area contributed by atoms with Gasteiger partial charge in [0.15, 0.2) is 0 Å². The fourth-order valence-corrected chi connectivity index (χ4v) is 2.17. The molecule has 0 aliphatic rings. The van der Waals surface area contributed by atoms with E-state index in [4.69, 9.17) is 0 Å². The molecule has 1 rings (SSSR count). The zero-order valence-corrected chi connectivity index (χ0v) is 11.4. The molecule has 9 heteroatoms. The first-order chi connectivity index (χ1) is 9.11. The Morgan fingerprint density at radius 2 is 1.90 bits per heavy atom. The first-order valence-corrected chi connectivity index (χ1v) is 6.93. The fraction of sp³-hybridized carbons (Fsp3) is 0.364. The van der Waals surface area contributed by atoms with Crippen molar-refractivity contribution in [2.24, 2.45) is 0 Å². The Balaban J connectivity index is 3.48. The molecule has 0 aromatic heterocycles. The highest BCUT2D eigenvalue weighted by Crippen LogP contribution is 2.31. The molecule has 0 amide bonds. The average molecular weight is 311 g/mol. The van der Waals surface area contributed by atoms with Crippen molar-refractivity contribution in [2.75, 3.05) is 13.7 Å². The lowest BCUT2D eigenvalue weighted by molar-refractivity contribution is -0.137. The van der Waals surface area contributed by atoms with Gasteiger partial charge in [-0.1, -0.05) is 0 Å². The van der Waals surface area contributed by atoms with Gasteiger partial charge in [0.2, 0.25) is 10.0 Å². The molecule has 0 radical (unpaired) electrons. The van der Waals surface area contributed by atoms with Crippen molar-refractivity contribution in [1.82, 2.24) is 4.72 Å². The van der Waals surface area contributed by atoms with Crippen LogP contribution < -0.4 is 4.72 Å². The molecule has 1 aromatic carbocycles. The molecular formula is C11H12F3NO4S. The summed E-state index contributed by atoms with van der Waals surface area (Å²) in [6.07, 6.45) is -4.78. The van der Waals surface area contributed by atoms with Crippen molar-refractivity contribution in [3.8, 4) is 0 Å². The number of hydrogen-bond acceptors (Lipinski definition) is 4. The second kappa shape index (κ2) is 5.80. The van der Waals surface area contributed by atoms with Crippen LogP contribution in [0.15, 0.2) is 23.1 Å². The van der Waals surface area contributed by atoms with E-state index in [2.05, 4.69) is 4.74 Å². The summed E-state index contributed by atoms with van der Waals surface area (Å²) in [4.78, 5) is 10.8. The lowest BCUT2D eigenvalue weighted by Crippen LogP contribution is -2.20. The van der Waals surface area contributed by atoms with Crippen LogP contribution in [0.1, 0.15) is 22.8 Å². The summed E-state index contributed by atoms with van der Waals surface area (Å²) in [6, 6.07) is 1.83. The third-order valence-electron chi connectivity index (χ3n) is 2.32. The third kappa shape index (κ3) is 3.70. The van der Waals surface area contributed by atoms with Crippen LogP contribution >= 0.6 is 0 Å². The molecule has 1 N–H and O–H groups in total. The summed E-state index contributed by atoms with van der Waals surface area (Å²) in [7, 11) is -3.05. The highest BCUT2D eigenvalue weighted by molar-refractivity contribution is 7.89. The van der Waals surface area contributed by atoms with Crippen molar-refractivity contribution in [2.45, 2.75) is 18.0 Å². The van der Waals surface area contributed by atoms with Gasteiger partial charge in [-0.15, -0.1) is 0 Å². The summed E-state index contributed by atoms with van der Waals surface area (Å²) in [6.45, 7) is 1.44. The third-order valence-corrected chi connectivity index (χ3v) is 3.72. The Morgan fingerprint density at radius 1 is 1.30 bits per heavy atom. The van der Waals surface area contributed by atoms with Crippen LogP contribution in [0.2, 0.25) is 0 Å². The number of halogens is 3. The van der Waals surface area contributed by atoms with Crippen LogP contribution in [0.3, 0.4) is 0 Å². The molecular weight excluding hydrogens is 299 g/mol. The Kier molecular flexibility index (Phi) is 4.77. The van der Waals surface area contributed by atoms with Gasteiger partial charge in [-0.25, -0.2) is 17.9 Å². The van der Waals surface area contributed by atoms with Gasteiger partial charge in [0.05, 0.1) is 22.6 Å². The van der Waals surface area contributed by atoms with Gasteiger partial charge in [-0.3, -0.25) is 0 Å². The number of carbonyl (C=O) groups excluding carboxylic acids is 1. The van der Waals surface area contributed by atoms with Gasteiger partial charge < -0.3 is 4.74 Å². The van der Waals surface area contributed by atoms with Crippen molar-refractivity contribution in [1.29, 1.82) is 0 Å². The molecule has 0 heterocycles. The first-order valence-electron chi connectivity index (χ1n) is 5.44. The smallest absolute Gasteiger partial charge is 0.416 e. The van der Waals surface area contributed by atoms with Crippen LogP contribution in [0.25, 0.3) is 0 Å². The van der Waals surface area contributed by atoms with Gasteiger partial charge in [-0.05, 0) is 32.2 Å². The zero-order chi connectivity index (χ0) is 15.6. The largest absolute Gasteiger partial charge is 0.462 e. The van der Waals surface area contributed by atoms with E-state index in [1.165, 1.54) is 6.92 Å². The van der Waals surface area contributed by atoms with E-state index in [-0.39, 0.29) is 6.61 Å². The summed E-state index contributed by atoms with van der Waals surface area (Å²) in [5.74, 6) is -1.02. The Morgan fingerprint density at radius 3 is 2.35 bits per heavy atom. The number of rotatable bonds is 4. The molecule has 0 bridgehead atoms. The Labute approximate surface area is 113 Å². The van der Waals surface area contributed by atoms with Gasteiger partial charge in [0.1, 0.15) is 0 Å². The molecule has 0 aliphatic carbocycles. The number of benzene rings is 1. The second-order valence-electron chi connectivity index (χ2n) is 3.67. The molecule has 0 atom stereocenters. The van der Waals surface area contributed by atoms with E-state index < -0.39 is 38.2 Å². The topological polar surface area (TPSA) is 72.5 Å². The number of alkyl halides is 3. The number of ether oxygens (including phenoxy) is 1. The minimum atomic E-state index is -4.78. The lowest BCUT2D eigenvalue weighted by Gasteiger charge is -2.11. The lowest BCUT2D eigenvalue weighted by atomic mass is 10.1. The average Bonchev–Trinajstić information content (AvgIpc) is 2.37. The van der Waals surface area contributed by atoms with E-state index >= 15 is 0 Å². The zero-order valence-electron chi connectivity index (χ0n) is 10.6. The number of sulfonamides is 1. The van der Waals surface area contributed by atoms with Crippen LogP contribution in [-0.2, 0) is 20.9 Å². The highest BCUT2D eigenvalue weighted by atomic mass is 32.2. The fourth-order valence-electron chi connectivity index (χ4n) is 1.37. The van der Waals surface area contributed by atoms with Crippen molar-refractivity contribution in [3.63, 3.8) is 0 Å². The molecule has 20 heavy (non-hydrogen) atoms. The van der Waals surface area contributed by atoms with E-state index in [9.17, 15) is 26.4 Å². The van der Waals surface area contributed by atoms with Crippen LogP contribution in [0, 0.1) is 0 Å². The monoisotopic (exact) mass is 311 g/mol. The van der Waals surface area contributed by atoms with E-state index in [1.54, 1.807) is 0 Å². The summed E-state index contributed by atoms with van der Waals surface area (Å²) >= 11 is 0.